The molecule has 22 heavy (non-hydrogen) atoms. The highest BCUT2D eigenvalue weighted by Crippen LogP contribution is 2.47. The Hall–Kier alpha value is -1.75. The summed E-state index contributed by atoms with van der Waals surface area (Å²) in [6.45, 7) is 6.09. The van der Waals surface area contributed by atoms with Crippen LogP contribution in [-0.2, 0) is 10.2 Å². The molecule has 0 heterocycles. The lowest BCUT2D eigenvalue weighted by molar-refractivity contribution is 0.0636. The summed E-state index contributed by atoms with van der Waals surface area (Å²) in [4.78, 5) is 11.9. The minimum absolute atomic E-state index is 0.0308. The van der Waals surface area contributed by atoms with Gasteiger partial charge < -0.3 is 15.2 Å². The Bertz CT molecular complexity index is 540. The largest absolute Gasteiger partial charge is 0.496 e. The molecule has 0 unspecified atom stereocenters. The lowest BCUT2D eigenvalue weighted by Crippen LogP contribution is -2.41. The van der Waals surface area contributed by atoms with Crippen LogP contribution in [-0.4, -0.2) is 25.3 Å². The molecule has 0 aliphatic heterocycles. The van der Waals surface area contributed by atoms with Gasteiger partial charge in [-0.15, -0.1) is 0 Å². The van der Waals surface area contributed by atoms with Gasteiger partial charge in [-0.25, -0.2) is 4.79 Å². The Labute approximate surface area is 132 Å². The van der Waals surface area contributed by atoms with Crippen LogP contribution in [0.15, 0.2) is 18.2 Å². The number of nitrogens with two attached hydrogens (primary N) is 1. The molecule has 0 bridgehead atoms. The van der Waals surface area contributed by atoms with Crippen molar-refractivity contribution < 1.29 is 14.3 Å². The van der Waals surface area contributed by atoms with Crippen molar-refractivity contribution in [1.82, 2.24) is 0 Å². The molecule has 0 radical (unpaired) electrons. The van der Waals surface area contributed by atoms with Crippen LogP contribution in [0.3, 0.4) is 0 Å². The first-order valence-electron chi connectivity index (χ1n) is 7.68. The number of anilines is 1. The standard InChI is InChI=1S/C17H26N2O3/c1-16(2,3)22-15(20)19-12-6-7-14(21-4)13(10-12)17(11-18)8-5-9-17/h6-7,10H,5,8-9,11,18H2,1-4H3,(H,19,20). The number of hydrogen-bond acceptors (Lipinski definition) is 4. The minimum Gasteiger partial charge on any atom is -0.496 e. The Morgan fingerprint density at radius 3 is 2.50 bits per heavy atom. The SMILES string of the molecule is COc1ccc(NC(=O)OC(C)(C)C)cc1C1(CN)CCC1. The van der Waals surface area contributed by atoms with Crippen molar-refractivity contribution in [2.24, 2.45) is 5.73 Å². The van der Waals surface area contributed by atoms with Gasteiger partial charge in [0.1, 0.15) is 11.4 Å². The van der Waals surface area contributed by atoms with E-state index in [-0.39, 0.29) is 5.41 Å². The van der Waals surface area contributed by atoms with Crippen LogP contribution >= 0.6 is 0 Å². The van der Waals surface area contributed by atoms with E-state index in [0.29, 0.717) is 12.2 Å². The van der Waals surface area contributed by atoms with Crippen LogP contribution in [0.2, 0.25) is 0 Å². The summed E-state index contributed by atoms with van der Waals surface area (Å²) >= 11 is 0. The molecular formula is C17H26N2O3. The van der Waals surface area contributed by atoms with Crippen molar-refractivity contribution in [2.75, 3.05) is 19.0 Å². The number of ether oxygens (including phenoxy) is 2. The second-order valence-electron chi connectivity index (χ2n) is 6.88. The van der Waals surface area contributed by atoms with E-state index in [1.54, 1.807) is 7.11 Å². The van der Waals surface area contributed by atoms with Gasteiger partial charge in [-0.1, -0.05) is 6.42 Å². The van der Waals surface area contributed by atoms with Crippen LogP contribution in [0.4, 0.5) is 10.5 Å². The van der Waals surface area contributed by atoms with Crippen LogP contribution in [0, 0.1) is 0 Å². The van der Waals surface area contributed by atoms with Gasteiger partial charge in [-0.2, -0.15) is 0 Å². The molecule has 3 N–H and O–H groups in total. The average Bonchev–Trinajstić information content (AvgIpc) is 2.36. The van der Waals surface area contributed by atoms with Crippen LogP contribution < -0.4 is 15.8 Å². The fourth-order valence-corrected chi connectivity index (χ4v) is 2.81. The first-order chi connectivity index (χ1) is 10.3. The van der Waals surface area contributed by atoms with E-state index in [1.807, 2.05) is 39.0 Å². The number of hydrogen-bond donors (Lipinski definition) is 2. The van der Waals surface area contributed by atoms with Crippen molar-refractivity contribution in [3.8, 4) is 5.75 Å². The molecule has 1 aliphatic rings. The van der Waals surface area contributed by atoms with Crippen molar-refractivity contribution in [1.29, 1.82) is 0 Å². The van der Waals surface area contributed by atoms with Gasteiger partial charge in [0.25, 0.3) is 0 Å². The number of carbonyl (C=O) groups excluding carboxylic acids is 1. The maximum Gasteiger partial charge on any atom is 0.412 e. The summed E-state index contributed by atoms with van der Waals surface area (Å²) in [5, 5.41) is 2.78. The van der Waals surface area contributed by atoms with Crippen molar-refractivity contribution in [3.63, 3.8) is 0 Å². The predicted molar refractivity (Wildman–Crippen MR) is 87.4 cm³/mol. The van der Waals surface area contributed by atoms with Gasteiger partial charge in [0.05, 0.1) is 7.11 Å². The normalized spacial score (nSPS) is 16.6. The molecule has 122 valence electrons. The molecule has 2 rings (SSSR count). The maximum absolute atomic E-state index is 11.9. The maximum atomic E-state index is 11.9. The Morgan fingerprint density at radius 1 is 1.36 bits per heavy atom. The first kappa shape index (κ1) is 16.6. The van der Waals surface area contributed by atoms with Crippen LogP contribution in [0.5, 0.6) is 5.75 Å². The van der Waals surface area contributed by atoms with Gasteiger partial charge in [0.2, 0.25) is 0 Å². The number of nitrogens with one attached hydrogen (secondary N) is 1. The molecule has 1 aromatic rings. The molecule has 1 aromatic carbocycles. The Morgan fingerprint density at radius 2 is 2.05 bits per heavy atom. The van der Waals surface area contributed by atoms with E-state index in [1.165, 1.54) is 6.42 Å². The number of benzene rings is 1. The molecule has 1 saturated carbocycles. The van der Waals surface area contributed by atoms with Gasteiger partial charge in [-0.05, 0) is 51.8 Å². The highest BCUT2D eigenvalue weighted by molar-refractivity contribution is 5.85. The molecule has 0 atom stereocenters. The van der Waals surface area contributed by atoms with E-state index < -0.39 is 11.7 Å². The topological polar surface area (TPSA) is 73.6 Å². The van der Waals surface area contributed by atoms with Gasteiger partial charge in [0, 0.05) is 23.2 Å². The molecule has 0 aromatic heterocycles. The highest BCUT2D eigenvalue weighted by Gasteiger charge is 2.39. The summed E-state index contributed by atoms with van der Waals surface area (Å²) < 4.78 is 10.8. The van der Waals surface area contributed by atoms with Crippen molar-refractivity contribution >= 4 is 11.8 Å². The zero-order valence-electron chi connectivity index (χ0n) is 13.9. The predicted octanol–water partition coefficient (Wildman–Crippen LogP) is 3.42. The van der Waals surface area contributed by atoms with Crippen LogP contribution in [0.1, 0.15) is 45.6 Å². The third-order valence-electron chi connectivity index (χ3n) is 4.12. The molecule has 0 saturated heterocycles. The quantitative estimate of drug-likeness (QED) is 0.894. The molecule has 1 aliphatic carbocycles. The molecule has 0 spiro atoms. The molecule has 1 amide bonds. The summed E-state index contributed by atoms with van der Waals surface area (Å²) in [7, 11) is 1.66. The number of carbonyl (C=O) groups is 1. The molecular weight excluding hydrogens is 280 g/mol. The van der Waals surface area contributed by atoms with E-state index >= 15 is 0 Å². The lowest BCUT2D eigenvalue weighted by atomic mass is 9.64. The average molecular weight is 306 g/mol. The van der Waals surface area contributed by atoms with E-state index in [2.05, 4.69) is 5.32 Å². The Kier molecular flexibility index (Phi) is 4.66. The van der Waals surface area contributed by atoms with Gasteiger partial charge in [-0.3, -0.25) is 5.32 Å². The molecule has 5 nitrogen and oxygen atoms in total. The molecule has 1 fully saturated rings. The first-order valence-corrected chi connectivity index (χ1v) is 7.68. The highest BCUT2D eigenvalue weighted by atomic mass is 16.6. The van der Waals surface area contributed by atoms with E-state index in [4.69, 9.17) is 15.2 Å². The summed E-state index contributed by atoms with van der Waals surface area (Å²) in [6.07, 6.45) is 2.81. The number of rotatable bonds is 4. The monoisotopic (exact) mass is 306 g/mol. The summed E-state index contributed by atoms with van der Waals surface area (Å²) in [5.41, 5.74) is 7.20. The number of amides is 1. The van der Waals surface area contributed by atoms with E-state index in [0.717, 1.165) is 24.2 Å². The zero-order chi connectivity index (χ0) is 16.4. The Balaban J connectivity index is 2.22. The minimum atomic E-state index is -0.522. The third kappa shape index (κ3) is 3.53. The number of methoxy groups -OCH3 is 1. The smallest absolute Gasteiger partial charge is 0.412 e. The lowest BCUT2D eigenvalue weighted by Gasteiger charge is -2.42. The third-order valence-corrected chi connectivity index (χ3v) is 4.12. The fourth-order valence-electron chi connectivity index (χ4n) is 2.81. The van der Waals surface area contributed by atoms with Gasteiger partial charge in [0.15, 0.2) is 0 Å². The second kappa shape index (κ2) is 6.16. The summed E-state index contributed by atoms with van der Waals surface area (Å²) in [6, 6.07) is 5.64. The van der Waals surface area contributed by atoms with Crippen molar-refractivity contribution in [2.45, 2.75) is 51.0 Å². The van der Waals surface area contributed by atoms with Crippen molar-refractivity contribution in [3.05, 3.63) is 23.8 Å². The zero-order valence-corrected chi connectivity index (χ0v) is 13.9. The fraction of sp³-hybridized carbons (Fsp3) is 0.588. The summed E-state index contributed by atoms with van der Waals surface area (Å²) in [5.74, 6) is 0.819. The van der Waals surface area contributed by atoms with Crippen LogP contribution in [0.25, 0.3) is 0 Å². The van der Waals surface area contributed by atoms with E-state index in [9.17, 15) is 4.79 Å². The second-order valence-corrected chi connectivity index (χ2v) is 6.88. The molecule has 5 heteroatoms. The van der Waals surface area contributed by atoms with Gasteiger partial charge >= 0.3 is 6.09 Å².